The molecule has 0 aliphatic carbocycles. The minimum absolute atomic E-state index is 0.162. The van der Waals surface area contributed by atoms with Crippen molar-refractivity contribution in [2.24, 2.45) is 0 Å². The molecule has 4 rings (SSSR count). The average Bonchev–Trinajstić information content (AvgIpc) is 3.37. The molecule has 2 heterocycles. The highest BCUT2D eigenvalue weighted by Gasteiger charge is 2.13. The van der Waals surface area contributed by atoms with Crippen LogP contribution in [0.15, 0.2) is 69.6 Å². The fraction of sp³-hybridized carbons (Fsp3) is 0.100. The van der Waals surface area contributed by atoms with Crippen LogP contribution in [0.4, 0.5) is 5.13 Å². The molecule has 28 heavy (non-hydrogen) atoms. The molecule has 0 bridgehead atoms. The summed E-state index contributed by atoms with van der Waals surface area (Å²) in [7, 11) is 0. The molecule has 2 aromatic carbocycles. The molecule has 0 unspecified atom stereocenters. The van der Waals surface area contributed by atoms with Gasteiger partial charge in [-0.3, -0.25) is 4.79 Å². The molecule has 0 saturated carbocycles. The Morgan fingerprint density at radius 2 is 1.86 bits per heavy atom. The van der Waals surface area contributed by atoms with E-state index in [1.165, 1.54) is 23.1 Å². The number of anilines is 1. The van der Waals surface area contributed by atoms with Gasteiger partial charge in [0.15, 0.2) is 5.13 Å². The molecule has 140 valence electrons. The Morgan fingerprint density at radius 1 is 1.07 bits per heavy atom. The van der Waals surface area contributed by atoms with Gasteiger partial charge in [0.1, 0.15) is 0 Å². The van der Waals surface area contributed by atoms with Crippen molar-refractivity contribution in [3.05, 3.63) is 65.5 Å². The Labute approximate surface area is 170 Å². The minimum atomic E-state index is -0.172. The van der Waals surface area contributed by atoms with Crippen LogP contribution in [-0.2, 0) is 4.79 Å². The summed E-state index contributed by atoms with van der Waals surface area (Å²) < 4.78 is 5.62. The van der Waals surface area contributed by atoms with Crippen LogP contribution in [0.3, 0.4) is 0 Å². The minimum Gasteiger partial charge on any atom is -0.411 e. The molecule has 0 aliphatic rings. The zero-order chi connectivity index (χ0) is 19.3. The molecule has 0 spiro atoms. The first-order valence-electron chi connectivity index (χ1n) is 8.51. The second-order valence-corrected chi connectivity index (χ2v) is 7.76. The van der Waals surface area contributed by atoms with E-state index >= 15 is 0 Å². The summed E-state index contributed by atoms with van der Waals surface area (Å²) in [5.41, 5.74) is 3.87. The van der Waals surface area contributed by atoms with Crippen molar-refractivity contribution in [1.29, 1.82) is 0 Å². The first-order chi connectivity index (χ1) is 13.7. The van der Waals surface area contributed by atoms with Crippen molar-refractivity contribution in [3.63, 3.8) is 0 Å². The van der Waals surface area contributed by atoms with Crippen LogP contribution in [-0.4, -0.2) is 26.8 Å². The summed E-state index contributed by atoms with van der Waals surface area (Å²) in [6.07, 6.45) is 0. The third kappa shape index (κ3) is 4.47. The SMILES string of the molecule is Cc1ccc(-c2nnc(SCC(=O)Nc3nc(-c4ccccc4)cs3)o2)cc1. The Hall–Kier alpha value is -2.97. The number of hydrogen-bond acceptors (Lipinski definition) is 7. The number of thioether (sulfide) groups is 1. The number of carbonyl (C=O) groups is 1. The summed E-state index contributed by atoms with van der Waals surface area (Å²) >= 11 is 2.59. The van der Waals surface area contributed by atoms with Gasteiger partial charge < -0.3 is 9.73 Å². The normalized spacial score (nSPS) is 10.8. The largest absolute Gasteiger partial charge is 0.411 e. The Balaban J connectivity index is 1.33. The van der Waals surface area contributed by atoms with Crippen molar-refractivity contribution in [2.45, 2.75) is 12.1 Å². The lowest BCUT2D eigenvalue weighted by Gasteiger charge is -1.99. The lowest BCUT2D eigenvalue weighted by atomic mass is 10.1. The second kappa shape index (κ2) is 8.37. The van der Waals surface area contributed by atoms with E-state index in [1.807, 2.05) is 66.9 Å². The third-order valence-electron chi connectivity index (χ3n) is 3.85. The first-order valence-corrected chi connectivity index (χ1v) is 10.4. The maximum atomic E-state index is 12.2. The van der Waals surface area contributed by atoms with E-state index in [2.05, 4.69) is 20.5 Å². The molecular formula is C20H16N4O2S2. The van der Waals surface area contributed by atoms with Crippen LogP contribution >= 0.6 is 23.1 Å². The van der Waals surface area contributed by atoms with Gasteiger partial charge in [0, 0.05) is 16.5 Å². The van der Waals surface area contributed by atoms with Crippen LogP contribution in [0.25, 0.3) is 22.7 Å². The highest BCUT2D eigenvalue weighted by atomic mass is 32.2. The van der Waals surface area contributed by atoms with Crippen molar-refractivity contribution < 1.29 is 9.21 Å². The number of aromatic nitrogens is 3. The van der Waals surface area contributed by atoms with Gasteiger partial charge in [-0.2, -0.15) is 0 Å². The van der Waals surface area contributed by atoms with Crippen LogP contribution in [0.1, 0.15) is 5.56 Å². The Kier molecular flexibility index (Phi) is 5.50. The highest BCUT2D eigenvalue weighted by molar-refractivity contribution is 7.99. The van der Waals surface area contributed by atoms with Crippen molar-refractivity contribution in [1.82, 2.24) is 15.2 Å². The van der Waals surface area contributed by atoms with E-state index in [0.29, 0.717) is 16.2 Å². The smallest absolute Gasteiger partial charge is 0.277 e. The summed E-state index contributed by atoms with van der Waals surface area (Å²) in [5.74, 6) is 0.430. The van der Waals surface area contributed by atoms with Crippen LogP contribution < -0.4 is 5.32 Å². The fourth-order valence-electron chi connectivity index (χ4n) is 2.44. The van der Waals surface area contributed by atoms with Gasteiger partial charge in [-0.1, -0.05) is 59.8 Å². The van der Waals surface area contributed by atoms with Crippen molar-refractivity contribution >= 4 is 34.1 Å². The molecule has 2 aromatic heterocycles. The summed E-state index contributed by atoms with van der Waals surface area (Å²) in [6, 6.07) is 17.7. The number of rotatable bonds is 6. The number of hydrogen-bond donors (Lipinski definition) is 1. The van der Waals surface area contributed by atoms with Gasteiger partial charge in [0.25, 0.3) is 5.22 Å². The second-order valence-electron chi connectivity index (χ2n) is 5.98. The molecule has 4 aromatic rings. The van der Waals surface area contributed by atoms with Gasteiger partial charge >= 0.3 is 0 Å². The maximum absolute atomic E-state index is 12.2. The third-order valence-corrected chi connectivity index (χ3v) is 5.43. The van der Waals surface area contributed by atoms with Crippen LogP contribution in [0, 0.1) is 6.92 Å². The van der Waals surface area contributed by atoms with Gasteiger partial charge in [-0.05, 0) is 19.1 Å². The topological polar surface area (TPSA) is 80.9 Å². The lowest BCUT2D eigenvalue weighted by Crippen LogP contribution is -2.13. The number of nitrogens with zero attached hydrogens (tertiary/aromatic N) is 3. The van der Waals surface area contributed by atoms with E-state index in [0.717, 1.165) is 22.4 Å². The standard InChI is InChI=1S/C20H16N4O2S2/c1-13-7-9-15(10-8-13)18-23-24-20(26-18)28-12-17(25)22-19-21-16(11-27-19)14-5-3-2-4-6-14/h2-11H,12H2,1H3,(H,21,22,25). The summed E-state index contributed by atoms with van der Waals surface area (Å²) in [6.45, 7) is 2.02. The number of amides is 1. The number of aryl methyl sites for hydroxylation is 1. The maximum Gasteiger partial charge on any atom is 0.277 e. The number of thiazole rings is 1. The fourth-order valence-corrected chi connectivity index (χ4v) is 3.74. The zero-order valence-electron chi connectivity index (χ0n) is 15.0. The molecule has 6 nitrogen and oxygen atoms in total. The van der Waals surface area contributed by atoms with Gasteiger partial charge in [-0.25, -0.2) is 4.98 Å². The van der Waals surface area contributed by atoms with E-state index in [-0.39, 0.29) is 11.7 Å². The number of carbonyl (C=O) groups excluding carboxylic acids is 1. The highest BCUT2D eigenvalue weighted by Crippen LogP contribution is 2.26. The molecule has 1 amide bonds. The van der Waals surface area contributed by atoms with Crippen LogP contribution in [0.5, 0.6) is 0 Å². The van der Waals surface area contributed by atoms with Gasteiger partial charge in [0.2, 0.25) is 11.8 Å². The van der Waals surface area contributed by atoms with Gasteiger partial charge in [-0.15, -0.1) is 21.5 Å². The van der Waals surface area contributed by atoms with Gasteiger partial charge in [0.05, 0.1) is 11.4 Å². The average molecular weight is 409 g/mol. The monoisotopic (exact) mass is 408 g/mol. The molecule has 0 radical (unpaired) electrons. The zero-order valence-corrected chi connectivity index (χ0v) is 16.6. The lowest BCUT2D eigenvalue weighted by molar-refractivity contribution is -0.113. The molecule has 1 N–H and O–H groups in total. The number of benzene rings is 2. The Bertz CT molecular complexity index is 1080. The van der Waals surface area contributed by atoms with Crippen LogP contribution in [0.2, 0.25) is 0 Å². The summed E-state index contributed by atoms with van der Waals surface area (Å²) in [5, 5.41) is 13.7. The summed E-state index contributed by atoms with van der Waals surface area (Å²) in [4.78, 5) is 16.6. The van der Waals surface area contributed by atoms with E-state index < -0.39 is 0 Å². The molecule has 8 heteroatoms. The molecule has 0 atom stereocenters. The first kappa shape index (κ1) is 18.4. The Morgan fingerprint density at radius 3 is 2.64 bits per heavy atom. The van der Waals surface area contributed by atoms with E-state index in [9.17, 15) is 4.79 Å². The predicted octanol–water partition coefficient (Wildman–Crippen LogP) is 4.90. The molecule has 0 aliphatic heterocycles. The predicted molar refractivity (Wildman–Crippen MR) is 111 cm³/mol. The quantitative estimate of drug-likeness (QED) is 0.457. The van der Waals surface area contributed by atoms with E-state index in [1.54, 1.807) is 0 Å². The van der Waals surface area contributed by atoms with Crippen molar-refractivity contribution in [3.8, 4) is 22.7 Å². The van der Waals surface area contributed by atoms with E-state index in [4.69, 9.17) is 4.42 Å². The molecule has 0 fully saturated rings. The molecule has 0 saturated heterocycles. The van der Waals surface area contributed by atoms with Crippen molar-refractivity contribution in [2.75, 3.05) is 11.1 Å². The molecular weight excluding hydrogens is 392 g/mol. The number of nitrogens with one attached hydrogen (secondary N) is 1.